The number of amides is 13. The Labute approximate surface area is 558 Å². The predicted molar refractivity (Wildman–Crippen MR) is 336 cm³/mol. The van der Waals surface area contributed by atoms with Gasteiger partial charge in [0.2, 0.25) is 76.8 Å². The minimum Gasteiger partial charge on any atom is -0.481 e. The molecule has 0 aliphatic carbocycles. The number of carboxylic acid groups (broad SMARTS) is 2. The highest BCUT2D eigenvalue weighted by Crippen LogP contribution is 2.17. The van der Waals surface area contributed by atoms with Crippen LogP contribution in [0.25, 0.3) is 0 Å². The number of benzene rings is 3. The van der Waals surface area contributed by atoms with Crippen molar-refractivity contribution in [3.8, 4) is 5.75 Å². The van der Waals surface area contributed by atoms with Crippen LogP contribution in [0.2, 0.25) is 0 Å². The van der Waals surface area contributed by atoms with Crippen LogP contribution in [0.15, 0.2) is 97.5 Å². The molecule has 0 saturated carbocycles. The van der Waals surface area contributed by atoms with E-state index in [0.717, 1.165) is 31.2 Å². The van der Waals surface area contributed by atoms with Crippen molar-refractivity contribution in [2.45, 2.75) is 145 Å². The van der Waals surface area contributed by atoms with Crippen LogP contribution in [0.1, 0.15) is 74.8 Å². The molecule has 11 atom stereocenters. The topological polar surface area (TPSA) is 593 Å². The Balaban J connectivity index is 1.29. The van der Waals surface area contributed by atoms with Gasteiger partial charge in [-0.3, -0.25) is 76.5 Å². The first-order chi connectivity index (χ1) is 46.2. The number of carboxylic acids is 2. The highest BCUT2D eigenvalue weighted by Gasteiger charge is 2.38. The highest BCUT2D eigenvalue weighted by atomic mass is 32.3. The Bertz CT molecular complexity index is 3660. The summed E-state index contributed by atoms with van der Waals surface area (Å²) in [6.07, 6.45) is -3.64. The Morgan fingerprint density at radius 1 is 0.582 bits per heavy atom. The van der Waals surface area contributed by atoms with Crippen molar-refractivity contribution >= 4 is 99.1 Å². The first-order valence-corrected chi connectivity index (χ1v) is 31.4. The molecule has 20 N–H and O–H groups in total. The maximum absolute atomic E-state index is 14.3. The molecule has 0 bridgehead atoms. The number of aromatic amines is 1. The van der Waals surface area contributed by atoms with Crippen LogP contribution in [-0.4, -0.2) is 200 Å². The first-order valence-electron chi connectivity index (χ1n) is 30.0. The van der Waals surface area contributed by atoms with E-state index in [-0.39, 0.29) is 43.4 Å². The number of nitrogens with zero attached hydrogens (tertiary/aromatic N) is 1. The van der Waals surface area contributed by atoms with Gasteiger partial charge >= 0.3 is 22.3 Å². The summed E-state index contributed by atoms with van der Waals surface area (Å²) in [5, 5.41) is 55.9. The molecular weight excluding hydrogens is 1310 g/mol. The number of hydrogen-bond donors (Lipinski definition) is 18. The van der Waals surface area contributed by atoms with E-state index >= 15 is 0 Å². The van der Waals surface area contributed by atoms with Crippen LogP contribution in [0, 0.1) is 0 Å². The number of nitrogens with one attached hydrogen (secondary N) is 12. The first kappa shape index (κ1) is 77.3. The fourth-order valence-corrected chi connectivity index (χ4v) is 9.92. The second kappa shape index (κ2) is 37.0. The normalized spacial score (nSPS) is 15.6. The van der Waals surface area contributed by atoms with Gasteiger partial charge in [-0.25, -0.2) is 4.98 Å². The second-order valence-electron chi connectivity index (χ2n) is 22.4. The largest absolute Gasteiger partial charge is 0.481 e. The quantitative estimate of drug-likeness (QED) is 0.0185. The van der Waals surface area contributed by atoms with Gasteiger partial charge in [-0.1, -0.05) is 72.8 Å². The van der Waals surface area contributed by atoms with Gasteiger partial charge in [0.1, 0.15) is 66.2 Å². The van der Waals surface area contributed by atoms with E-state index in [1.807, 2.05) is 0 Å². The molecule has 528 valence electrons. The summed E-state index contributed by atoms with van der Waals surface area (Å²) in [5.74, 6) is -17.3. The smallest absolute Gasteiger partial charge is 0.446 e. The molecule has 37 nitrogen and oxygen atoms in total. The van der Waals surface area contributed by atoms with Gasteiger partial charge in [0.05, 0.1) is 31.8 Å². The Morgan fingerprint density at radius 3 is 1.50 bits per heavy atom. The fourth-order valence-electron chi connectivity index (χ4n) is 9.56. The molecule has 3 aromatic carbocycles. The summed E-state index contributed by atoms with van der Waals surface area (Å²) >= 11 is 0. The molecule has 2 heterocycles. The van der Waals surface area contributed by atoms with E-state index in [1.165, 1.54) is 19.4 Å². The molecular formula is C60H75N15O22S. The van der Waals surface area contributed by atoms with Gasteiger partial charge in [0.15, 0.2) is 0 Å². The van der Waals surface area contributed by atoms with E-state index in [4.69, 9.17) is 16.0 Å². The number of carbonyl (C=O) groups is 15. The van der Waals surface area contributed by atoms with Gasteiger partial charge in [-0.2, -0.15) is 8.42 Å². The van der Waals surface area contributed by atoms with Crippen molar-refractivity contribution < 1.29 is 104 Å². The number of aliphatic hydroxyl groups excluding tert-OH is 1. The number of hydrogen-bond acceptors (Lipinski definition) is 20. The van der Waals surface area contributed by atoms with Gasteiger partial charge in [-0.05, 0) is 55.5 Å². The third-order valence-electron chi connectivity index (χ3n) is 14.6. The lowest BCUT2D eigenvalue weighted by Gasteiger charge is -2.27. The van der Waals surface area contributed by atoms with Crippen LogP contribution in [0.4, 0.5) is 0 Å². The summed E-state index contributed by atoms with van der Waals surface area (Å²) in [4.78, 5) is 205. The van der Waals surface area contributed by atoms with Gasteiger partial charge < -0.3 is 94.4 Å². The Morgan fingerprint density at radius 2 is 1.04 bits per heavy atom. The molecule has 1 fully saturated rings. The SMILES string of the molecule is CC(NC(=O)CNC(=O)C(NC(=O)C(Cc1ccc(OS(=O)(=O)O)cc1)NC(=O)C(CC(=O)O)NC(=O)C(CCC(N)=O)NC(=O)C1CCC(=O)N1)C(C)O)C(=O)NC(Cc1cnc[nH]1)C(=O)NC(Cc1ccccc1)C(=O)NC(CC(=O)O)C(=O)NC(Cc1ccccc1)C(N)=O. The second-order valence-corrected chi connectivity index (χ2v) is 23.5. The number of imidazole rings is 1. The zero-order valence-corrected chi connectivity index (χ0v) is 53.3. The van der Waals surface area contributed by atoms with E-state index in [1.54, 1.807) is 60.7 Å². The highest BCUT2D eigenvalue weighted by molar-refractivity contribution is 7.81. The number of rotatable bonds is 39. The summed E-state index contributed by atoms with van der Waals surface area (Å²) < 4.78 is 36.3. The minimum absolute atomic E-state index is 0.0266. The molecule has 13 amide bonds. The van der Waals surface area contributed by atoms with Crippen LogP contribution in [0.5, 0.6) is 5.75 Å². The molecule has 1 aliphatic rings. The van der Waals surface area contributed by atoms with Crippen molar-refractivity contribution in [1.82, 2.24) is 68.5 Å². The van der Waals surface area contributed by atoms with E-state index in [2.05, 4.69) is 72.6 Å². The lowest BCUT2D eigenvalue weighted by Crippen LogP contribution is -2.61. The zero-order chi connectivity index (χ0) is 72.4. The number of aliphatic carboxylic acids is 2. The number of aliphatic hydroxyl groups is 1. The molecule has 1 aromatic heterocycles. The van der Waals surface area contributed by atoms with E-state index in [0.29, 0.717) is 11.1 Å². The number of primary amides is 2. The van der Waals surface area contributed by atoms with E-state index in [9.17, 15) is 95.7 Å². The molecule has 4 aromatic rings. The predicted octanol–water partition coefficient (Wildman–Crippen LogP) is -6.28. The van der Waals surface area contributed by atoms with Crippen molar-refractivity contribution in [3.05, 3.63) is 120 Å². The number of aromatic nitrogens is 2. The van der Waals surface area contributed by atoms with Crippen LogP contribution < -0.4 is 74.1 Å². The molecule has 1 aliphatic heterocycles. The third-order valence-corrected chi connectivity index (χ3v) is 15.0. The lowest BCUT2D eigenvalue weighted by atomic mass is 10.0. The van der Waals surface area contributed by atoms with Crippen molar-refractivity contribution in [2.75, 3.05) is 6.54 Å². The minimum atomic E-state index is -5.02. The lowest BCUT2D eigenvalue weighted by molar-refractivity contribution is -0.142. The molecule has 38 heteroatoms. The molecule has 98 heavy (non-hydrogen) atoms. The summed E-state index contributed by atoms with van der Waals surface area (Å²) in [6, 6.07) is 4.30. The van der Waals surface area contributed by atoms with Crippen molar-refractivity contribution in [3.63, 3.8) is 0 Å². The third kappa shape index (κ3) is 26.4. The van der Waals surface area contributed by atoms with Crippen molar-refractivity contribution in [1.29, 1.82) is 0 Å². The number of carbonyl (C=O) groups excluding carboxylic acids is 13. The van der Waals surface area contributed by atoms with Gasteiger partial charge in [-0.15, -0.1) is 0 Å². The monoisotopic (exact) mass is 1390 g/mol. The van der Waals surface area contributed by atoms with E-state index < -0.39 is 210 Å². The average Bonchev–Trinajstić information content (AvgIpc) is 0.989. The molecule has 1 saturated heterocycles. The summed E-state index contributed by atoms with van der Waals surface area (Å²) in [6.45, 7) is 1.24. The van der Waals surface area contributed by atoms with Gasteiger partial charge in [0.25, 0.3) is 0 Å². The van der Waals surface area contributed by atoms with Crippen LogP contribution >= 0.6 is 0 Å². The summed E-state index contributed by atoms with van der Waals surface area (Å²) in [5.41, 5.74) is 12.3. The van der Waals surface area contributed by atoms with Crippen molar-refractivity contribution in [2.24, 2.45) is 11.5 Å². The Hall–Kier alpha value is -11.4. The average molecular weight is 1390 g/mol. The maximum Gasteiger partial charge on any atom is 0.446 e. The molecule has 11 unspecified atom stereocenters. The standard InChI is InChI=1S/C60H75N15O22S/c1-30(52(85)70-42(24-35-27-63-29-65-35)56(89)71-40(22-33-11-7-4-8-12-33)55(88)74-43(25-48(80)81)57(90)69-39(51(62)84)21-32-9-5-3-6-10-32)66-47(79)28-64-60(93)50(31(2)76)75-59(92)41(23-34-13-15-36(16-14-34)97-98(94,95)96)72-58(91)44(26-49(82)83)73-54(87)38(17-19-45(61)77)68-53(86)37-18-20-46(78)67-37/h3-16,27,29-31,37-44,50,76H,17-26,28H2,1-2H3,(H2,61,77)(H2,62,84)(H,63,65)(H,64,93)(H,66,79)(H,67,78)(H,68,86)(H,69,90)(H,70,85)(H,71,89)(H,72,91)(H,73,87)(H,74,88)(H,75,92)(H,80,81)(H,82,83)(H,94,95,96). The molecule has 5 rings (SSSR count). The molecule has 0 spiro atoms. The fraction of sp³-hybridized carbons (Fsp3) is 0.400. The Kier molecular flexibility index (Phi) is 29.2. The van der Waals surface area contributed by atoms with Crippen LogP contribution in [0.3, 0.4) is 0 Å². The summed E-state index contributed by atoms with van der Waals surface area (Å²) in [7, 11) is -5.02. The number of nitrogens with two attached hydrogens (primary N) is 2. The number of H-pyrrole nitrogens is 1. The maximum atomic E-state index is 14.3. The van der Waals surface area contributed by atoms with Gasteiger partial charge in [0, 0.05) is 50.4 Å². The zero-order valence-electron chi connectivity index (χ0n) is 52.5. The molecule has 0 radical (unpaired) electrons. The van der Waals surface area contributed by atoms with Crippen LogP contribution in [-0.2, 0) is 108 Å².